The molecular weight excluding hydrogens is 346 g/mol. The van der Waals surface area contributed by atoms with Crippen LogP contribution in [0.25, 0.3) is 0 Å². The summed E-state index contributed by atoms with van der Waals surface area (Å²) in [5, 5.41) is 11.6. The van der Waals surface area contributed by atoms with E-state index in [2.05, 4.69) is 5.32 Å². The summed E-state index contributed by atoms with van der Waals surface area (Å²) in [7, 11) is 1.58. The number of carbonyl (C=O) groups is 3. The molecule has 0 spiro atoms. The van der Waals surface area contributed by atoms with Crippen LogP contribution >= 0.6 is 11.8 Å². The van der Waals surface area contributed by atoms with E-state index in [4.69, 9.17) is 14.6 Å². The number of alkyl carbamates (subject to hydrolysis) is 1. The summed E-state index contributed by atoms with van der Waals surface area (Å²) in [6, 6.07) is 7.16. The van der Waals surface area contributed by atoms with Crippen molar-refractivity contribution >= 4 is 28.9 Å². The van der Waals surface area contributed by atoms with Crippen LogP contribution in [0.5, 0.6) is 5.75 Å². The van der Waals surface area contributed by atoms with Gasteiger partial charge in [0.05, 0.1) is 13.0 Å². The summed E-state index contributed by atoms with van der Waals surface area (Å²) >= 11 is 1.000. The van der Waals surface area contributed by atoms with E-state index in [0.29, 0.717) is 19.4 Å². The number of rotatable bonds is 10. The van der Waals surface area contributed by atoms with Crippen molar-refractivity contribution in [3.05, 3.63) is 29.8 Å². The number of benzene rings is 1. The SMILES string of the molecule is COc1ccc(COC(=O)NCCCC(CSC(C)=O)C(=O)O)cc1. The Morgan fingerprint density at radius 2 is 1.92 bits per heavy atom. The van der Waals surface area contributed by atoms with Crippen LogP contribution in [0.3, 0.4) is 0 Å². The highest BCUT2D eigenvalue weighted by Crippen LogP contribution is 2.15. The van der Waals surface area contributed by atoms with Crippen molar-refractivity contribution in [1.82, 2.24) is 5.32 Å². The van der Waals surface area contributed by atoms with Gasteiger partial charge in [-0.05, 0) is 30.5 Å². The van der Waals surface area contributed by atoms with Gasteiger partial charge in [0, 0.05) is 19.2 Å². The lowest BCUT2D eigenvalue weighted by atomic mass is 10.1. The lowest BCUT2D eigenvalue weighted by Crippen LogP contribution is -2.26. The van der Waals surface area contributed by atoms with Crippen molar-refractivity contribution in [2.24, 2.45) is 5.92 Å². The number of carboxylic acids is 1. The molecule has 1 atom stereocenters. The summed E-state index contributed by atoms with van der Waals surface area (Å²) in [6.45, 7) is 1.86. The Morgan fingerprint density at radius 3 is 2.48 bits per heavy atom. The predicted molar refractivity (Wildman–Crippen MR) is 94.7 cm³/mol. The number of hydrogen-bond acceptors (Lipinski definition) is 6. The molecule has 0 bridgehead atoms. The second kappa shape index (κ2) is 11.4. The highest BCUT2D eigenvalue weighted by Gasteiger charge is 2.18. The molecule has 0 aliphatic carbocycles. The summed E-state index contributed by atoms with van der Waals surface area (Å²) in [4.78, 5) is 33.6. The number of hydrogen-bond donors (Lipinski definition) is 2. The highest BCUT2D eigenvalue weighted by atomic mass is 32.2. The third kappa shape index (κ3) is 8.99. The zero-order chi connectivity index (χ0) is 18.7. The van der Waals surface area contributed by atoms with E-state index in [1.807, 2.05) is 0 Å². The molecule has 7 nitrogen and oxygen atoms in total. The maximum absolute atomic E-state index is 11.6. The third-order valence-corrected chi connectivity index (χ3v) is 4.34. The Morgan fingerprint density at radius 1 is 1.24 bits per heavy atom. The van der Waals surface area contributed by atoms with Gasteiger partial charge in [-0.25, -0.2) is 4.79 Å². The van der Waals surface area contributed by atoms with E-state index in [1.165, 1.54) is 6.92 Å². The predicted octanol–water partition coefficient (Wildman–Crippen LogP) is 2.68. The fourth-order valence-corrected chi connectivity index (χ4v) is 2.70. The molecule has 25 heavy (non-hydrogen) atoms. The van der Waals surface area contributed by atoms with Crippen LogP contribution in [0.2, 0.25) is 0 Å². The number of thioether (sulfide) groups is 1. The number of amides is 1. The molecular formula is C17H23NO6S. The minimum Gasteiger partial charge on any atom is -0.497 e. The Kier molecular flexibility index (Phi) is 9.46. The number of ether oxygens (including phenoxy) is 2. The fraction of sp³-hybridized carbons (Fsp3) is 0.471. The number of nitrogens with one attached hydrogen (secondary N) is 1. The lowest BCUT2D eigenvalue weighted by Gasteiger charge is -2.11. The van der Waals surface area contributed by atoms with Gasteiger partial charge in [-0.15, -0.1) is 0 Å². The van der Waals surface area contributed by atoms with E-state index in [-0.39, 0.29) is 17.5 Å². The number of carbonyl (C=O) groups excluding carboxylic acids is 2. The van der Waals surface area contributed by atoms with Crippen molar-refractivity contribution in [2.45, 2.75) is 26.4 Å². The Labute approximate surface area is 151 Å². The van der Waals surface area contributed by atoms with Crippen molar-refractivity contribution in [2.75, 3.05) is 19.4 Å². The molecule has 0 aliphatic heterocycles. The molecule has 0 aromatic heterocycles. The fourth-order valence-electron chi connectivity index (χ4n) is 1.96. The third-order valence-electron chi connectivity index (χ3n) is 3.36. The van der Waals surface area contributed by atoms with Gasteiger partial charge in [-0.3, -0.25) is 9.59 Å². The van der Waals surface area contributed by atoms with E-state index in [1.54, 1.807) is 31.4 Å². The van der Waals surface area contributed by atoms with Crippen LogP contribution < -0.4 is 10.1 Å². The second-order valence-corrected chi connectivity index (χ2v) is 6.53. The molecule has 8 heteroatoms. The highest BCUT2D eigenvalue weighted by molar-refractivity contribution is 8.13. The topological polar surface area (TPSA) is 102 Å². The molecule has 0 radical (unpaired) electrons. The maximum atomic E-state index is 11.6. The minimum absolute atomic E-state index is 0.105. The summed E-state index contributed by atoms with van der Waals surface area (Å²) in [6.07, 6.45) is 0.322. The van der Waals surface area contributed by atoms with Crippen molar-refractivity contribution in [3.63, 3.8) is 0 Å². The maximum Gasteiger partial charge on any atom is 0.407 e. The molecule has 1 aromatic rings. The number of methoxy groups -OCH3 is 1. The Hall–Kier alpha value is -2.22. The lowest BCUT2D eigenvalue weighted by molar-refractivity contribution is -0.141. The largest absolute Gasteiger partial charge is 0.497 e. The van der Waals surface area contributed by atoms with Crippen LogP contribution in [0.1, 0.15) is 25.3 Å². The molecule has 138 valence electrons. The van der Waals surface area contributed by atoms with Gasteiger partial charge in [0.1, 0.15) is 12.4 Å². The van der Waals surface area contributed by atoms with Crippen LogP contribution in [-0.4, -0.2) is 41.7 Å². The monoisotopic (exact) mass is 369 g/mol. The van der Waals surface area contributed by atoms with E-state index >= 15 is 0 Å². The average molecular weight is 369 g/mol. The van der Waals surface area contributed by atoms with Crippen molar-refractivity contribution in [3.8, 4) is 5.75 Å². The molecule has 0 aliphatic rings. The van der Waals surface area contributed by atoms with Gasteiger partial charge >= 0.3 is 12.1 Å². The zero-order valence-electron chi connectivity index (χ0n) is 14.3. The molecule has 1 rings (SSSR count). The Balaban J connectivity index is 2.22. The van der Waals surface area contributed by atoms with Crippen LogP contribution in [-0.2, 0) is 20.9 Å². The first-order valence-electron chi connectivity index (χ1n) is 7.82. The first-order valence-corrected chi connectivity index (χ1v) is 8.80. The number of carboxylic acid groups (broad SMARTS) is 1. The van der Waals surface area contributed by atoms with E-state index in [0.717, 1.165) is 23.1 Å². The van der Waals surface area contributed by atoms with Gasteiger partial charge in [-0.2, -0.15) is 0 Å². The van der Waals surface area contributed by atoms with Gasteiger partial charge in [0.2, 0.25) is 0 Å². The normalized spacial score (nSPS) is 11.4. The molecule has 1 amide bonds. The Bertz CT molecular complexity index is 575. The van der Waals surface area contributed by atoms with Gasteiger partial charge in [-0.1, -0.05) is 23.9 Å². The van der Waals surface area contributed by atoms with E-state index < -0.39 is 18.0 Å². The molecule has 0 saturated carbocycles. The standard InChI is InChI=1S/C17H23NO6S/c1-12(19)25-11-14(16(20)21)4-3-9-18-17(22)24-10-13-5-7-15(23-2)8-6-13/h5-8,14H,3-4,9-11H2,1-2H3,(H,18,22)(H,20,21). The van der Waals surface area contributed by atoms with Crippen LogP contribution in [0, 0.1) is 5.92 Å². The molecule has 1 aromatic carbocycles. The van der Waals surface area contributed by atoms with Gasteiger partial charge in [0.15, 0.2) is 5.12 Å². The van der Waals surface area contributed by atoms with Gasteiger partial charge < -0.3 is 19.9 Å². The van der Waals surface area contributed by atoms with Crippen molar-refractivity contribution < 1.29 is 29.0 Å². The quantitative estimate of drug-likeness (QED) is 0.611. The summed E-state index contributed by atoms with van der Waals surface area (Å²) in [5.74, 6) is -0.571. The first-order chi connectivity index (χ1) is 11.9. The molecule has 2 N–H and O–H groups in total. The van der Waals surface area contributed by atoms with Crippen molar-refractivity contribution in [1.29, 1.82) is 0 Å². The summed E-state index contributed by atoms with van der Waals surface area (Å²) in [5.41, 5.74) is 0.836. The molecule has 1 unspecified atom stereocenters. The number of aliphatic carboxylic acids is 1. The summed E-state index contributed by atoms with van der Waals surface area (Å²) < 4.78 is 10.1. The molecule has 0 heterocycles. The van der Waals surface area contributed by atoms with Crippen LogP contribution in [0.4, 0.5) is 4.79 Å². The van der Waals surface area contributed by atoms with E-state index in [9.17, 15) is 14.4 Å². The smallest absolute Gasteiger partial charge is 0.407 e. The average Bonchev–Trinajstić information content (AvgIpc) is 2.59. The molecule has 0 saturated heterocycles. The molecule has 0 fully saturated rings. The van der Waals surface area contributed by atoms with Gasteiger partial charge in [0.25, 0.3) is 0 Å². The van der Waals surface area contributed by atoms with Crippen LogP contribution in [0.15, 0.2) is 24.3 Å². The minimum atomic E-state index is -0.934. The first kappa shape index (κ1) is 20.8. The zero-order valence-corrected chi connectivity index (χ0v) is 15.1. The second-order valence-electron chi connectivity index (χ2n) is 5.33.